The van der Waals surface area contributed by atoms with Gasteiger partial charge in [-0.2, -0.15) is 0 Å². The summed E-state index contributed by atoms with van der Waals surface area (Å²) in [6.45, 7) is 0. The summed E-state index contributed by atoms with van der Waals surface area (Å²) in [5, 5.41) is 1.26. The van der Waals surface area contributed by atoms with Crippen LogP contribution in [0.2, 0.25) is 10.0 Å². The lowest BCUT2D eigenvalue weighted by Gasteiger charge is -2.03. The Kier molecular flexibility index (Phi) is 3.57. The molecular formula is C9H8Cl2O. The summed E-state index contributed by atoms with van der Waals surface area (Å²) in [6.07, 6.45) is 1.94. The van der Waals surface area contributed by atoms with Crippen LogP contribution in [0.4, 0.5) is 0 Å². The summed E-state index contributed by atoms with van der Waals surface area (Å²) < 4.78 is 0. The summed E-state index contributed by atoms with van der Waals surface area (Å²) in [7, 11) is 0. The van der Waals surface area contributed by atoms with E-state index in [2.05, 4.69) is 0 Å². The summed E-state index contributed by atoms with van der Waals surface area (Å²) in [4.78, 5) is 10.1. The molecule has 0 spiro atoms. The fraction of sp³-hybridized carbons (Fsp3) is 0.222. The van der Waals surface area contributed by atoms with Gasteiger partial charge in [-0.25, -0.2) is 0 Å². The van der Waals surface area contributed by atoms with Crippen molar-refractivity contribution in [3.63, 3.8) is 0 Å². The molecule has 0 heterocycles. The largest absolute Gasteiger partial charge is 0.303 e. The van der Waals surface area contributed by atoms with Gasteiger partial charge in [0.2, 0.25) is 0 Å². The topological polar surface area (TPSA) is 17.1 Å². The van der Waals surface area contributed by atoms with E-state index in [0.29, 0.717) is 22.9 Å². The highest BCUT2D eigenvalue weighted by Crippen LogP contribution is 2.24. The van der Waals surface area contributed by atoms with Gasteiger partial charge in [0, 0.05) is 16.5 Å². The van der Waals surface area contributed by atoms with Crippen LogP contribution in [-0.2, 0) is 11.2 Å². The van der Waals surface area contributed by atoms with Gasteiger partial charge in [0.25, 0.3) is 0 Å². The molecule has 0 amide bonds. The van der Waals surface area contributed by atoms with Crippen molar-refractivity contribution in [3.8, 4) is 0 Å². The lowest BCUT2D eigenvalue weighted by atomic mass is 10.1. The second kappa shape index (κ2) is 4.48. The maximum Gasteiger partial charge on any atom is 0.120 e. The molecule has 12 heavy (non-hydrogen) atoms. The lowest BCUT2D eigenvalue weighted by Crippen LogP contribution is -1.88. The predicted molar refractivity (Wildman–Crippen MR) is 50.8 cm³/mol. The van der Waals surface area contributed by atoms with Crippen molar-refractivity contribution in [2.24, 2.45) is 0 Å². The first-order chi connectivity index (χ1) is 5.75. The van der Waals surface area contributed by atoms with Gasteiger partial charge in [-0.15, -0.1) is 0 Å². The van der Waals surface area contributed by atoms with Crippen molar-refractivity contribution in [1.82, 2.24) is 0 Å². The van der Waals surface area contributed by atoms with Crippen molar-refractivity contribution in [3.05, 3.63) is 33.8 Å². The summed E-state index contributed by atoms with van der Waals surface area (Å²) in [5.74, 6) is 0. The van der Waals surface area contributed by atoms with Crippen LogP contribution in [0.5, 0.6) is 0 Å². The Bertz CT molecular complexity index is 264. The molecular weight excluding hydrogens is 195 g/mol. The van der Waals surface area contributed by atoms with Crippen molar-refractivity contribution >= 4 is 29.5 Å². The Morgan fingerprint density at radius 1 is 1.25 bits per heavy atom. The van der Waals surface area contributed by atoms with E-state index in [1.807, 2.05) is 0 Å². The molecule has 1 aromatic carbocycles. The molecule has 0 fully saturated rings. The molecule has 1 aromatic rings. The van der Waals surface area contributed by atoms with E-state index in [4.69, 9.17) is 23.2 Å². The lowest BCUT2D eigenvalue weighted by molar-refractivity contribution is -0.107. The molecule has 0 aromatic heterocycles. The molecule has 0 aliphatic heterocycles. The monoisotopic (exact) mass is 202 g/mol. The van der Waals surface area contributed by atoms with Crippen molar-refractivity contribution in [2.45, 2.75) is 12.8 Å². The summed E-state index contributed by atoms with van der Waals surface area (Å²) in [6, 6.07) is 5.33. The van der Waals surface area contributed by atoms with Gasteiger partial charge in [-0.1, -0.05) is 29.3 Å². The van der Waals surface area contributed by atoms with Crippen LogP contribution in [0, 0.1) is 0 Å². The van der Waals surface area contributed by atoms with Crippen molar-refractivity contribution < 1.29 is 4.79 Å². The zero-order chi connectivity index (χ0) is 8.97. The number of halogens is 2. The average Bonchev–Trinajstić information content (AvgIpc) is 2.04. The molecule has 0 saturated carbocycles. The van der Waals surface area contributed by atoms with E-state index in [1.165, 1.54) is 0 Å². The highest BCUT2D eigenvalue weighted by Gasteiger charge is 2.03. The molecule has 0 radical (unpaired) electrons. The zero-order valence-electron chi connectivity index (χ0n) is 6.39. The fourth-order valence-corrected chi connectivity index (χ4v) is 1.56. The molecule has 0 atom stereocenters. The van der Waals surface area contributed by atoms with Gasteiger partial charge in [0.15, 0.2) is 0 Å². The van der Waals surface area contributed by atoms with Gasteiger partial charge in [-0.05, 0) is 24.1 Å². The second-order valence-electron chi connectivity index (χ2n) is 2.41. The third-order valence-corrected chi connectivity index (χ3v) is 2.28. The van der Waals surface area contributed by atoms with Crippen LogP contribution < -0.4 is 0 Å². The number of carbonyl (C=O) groups is 1. The average molecular weight is 203 g/mol. The minimum atomic E-state index is 0.462. The van der Waals surface area contributed by atoms with Crippen LogP contribution in [0.25, 0.3) is 0 Å². The van der Waals surface area contributed by atoms with Crippen molar-refractivity contribution in [2.75, 3.05) is 0 Å². The molecule has 0 N–H and O–H groups in total. The molecule has 0 bridgehead atoms. The zero-order valence-corrected chi connectivity index (χ0v) is 7.90. The van der Waals surface area contributed by atoms with Crippen LogP contribution in [-0.4, -0.2) is 6.29 Å². The highest BCUT2D eigenvalue weighted by atomic mass is 35.5. The third kappa shape index (κ3) is 2.23. The van der Waals surface area contributed by atoms with E-state index in [-0.39, 0.29) is 0 Å². The van der Waals surface area contributed by atoms with Crippen LogP contribution >= 0.6 is 23.2 Å². The molecule has 3 heteroatoms. The van der Waals surface area contributed by atoms with E-state index >= 15 is 0 Å². The smallest absolute Gasteiger partial charge is 0.120 e. The van der Waals surface area contributed by atoms with Gasteiger partial charge < -0.3 is 4.79 Å². The molecule has 0 aliphatic rings. The van der Waals surface area contributed by atoms with Gasteiger partial charge in [0.05, 0.1) is 0 Å². The Morgan fingerprint density at radius 2 is 1.83 bits per heavy atom. The minimum absolute atomic E-state index is 0.462. The number of hydrogen-bond acceptors (Lipinski definition) is 1. The Balaban J connectivity index is 2.88. The first kappa shape index (κ1) is 9.56. The molecule has 0 aliphatic carbocycles. The molecule has 1 nitrogen and oxygen atoms in total. The van der Waals surface area contributed by atoms with Crippen molar-refractivity contribution in [1.29, 1.82) is 0 Å². The van der Waals surface area contributed by atoms with E-state index in [0.717, 1.165) is 11.8 Å². The molecule has 64 valence electrons. The maximum atomic E-state index is 10.1. The Hall–Kier alpha value is -0.530. The van der Waals surface area contributed by atoms with Gasteiger partial charge in [-0.3, -0.25) is 0 Å². The quantitative estimate of drug-likeness (QED) is 0.689. The predicted octanol–water partition coefficient (Wildman–Crippen LogP) is 3.12. The van der Waals surface area contributed by atoms with Crippen LogP contribution in [0.15, 0.2) is 18.2 Å². The second-order valence-corrected chi connectivity index (χ2v) is 3.22. The Labute approximate surface area is 81.3 Å². The van der Waals surface area contributed by atoms with Gasteiger partial charge in [0.1, 0.15) is 6.29 Å². The fourth-order valence-electron chi connectivity index (χ4n) is 0.974. The number of carbonyl (C=O) groups excluding carboxylic acids is 1. The Morgan fingerprint density at radius 3 is 2.33 bits per heavy atom. The van der Waals surface area contributed by atoms with E-state index in [1.54, 1.807) is 18.2 Å². The molecule has 0 saturated heterocycles. The van der Waals surface area contributed by atoms with Crippen LogP contribution in [0.1, 0.15) is 12.0 Å². The maximum absolute atomic E-state index is 10.1. The first-order valence-electron chi connectivity index (χ1n) is 3.62. The van der Waals surface area contributed by atoms with Gasteiger partial charge >= 0.3 is 0 Å². The number of benzene rings is 1. The number of hydrogen-bond donors (Lipinski definition) is 0. The van der Waals surface area contributed by atoms with Crippen LogP contribution in [0.3, 0.4) is 0 Å². The third-order valence-electron chi connectivity index (χ3n) is 1.57. The standard InChI is InChI=1S/C9H8Cl2O/c10-8-4-1-5-9(11)7(8)3-2-6-12/h1,4-6H,2-3H2. The number of rotatable bonds is 3. The summed E-state index contributed by atoms with van der Waals surface area (Å²) in [5.41, 5.74) is 0.855. The molecule has 1 rings (SSSR count). The van der Waals surface area contributed by atoms with E-state index < -0.39 is 0 Å². The summed E-state index contributed by atoms with van der Waals surface area (Å²) >= 11 is 11.7. The molecule has 0 unspecified atom stereocenters. The SMILES string of the molecule is O=CCCc1c(Cl)cccc1Cl. The highest BCUT2D eigenvalue weighted by molar-refractivity contribution is 6.35. The first-order valence-corrected chi connectivity index (χ1v) is 4.38. The number of aldehydes is 1. The van der Waals surface area contributed by atoms with E-state index in [9.17, 15) is 4.79 Å². The normalized spacial score (nSPS) is 9.83. The minimum Gasteiger partial charge on any atom is -0.303 e.